The van der Waals surface area contributed by atoms with E-state index in [0.29, 0.717) is 5.92 Å². The monoisotopic (exact) mass is 909 g/mol. The van der Waals surface area contributed by atoms with Crippen molar-refractivity contribution in [3.63, 3.8) is 0 Å². The van der Waals surface area contributed by atoms with E-state index in [2.05, 4.69) is 237 Å². The third-order valence-electron chi connectivity index (χ3n) is 17.3. The first-order valence-electron chi connectivity index (χ1n) is 25.2. The molecule has 0 bridgehead atoms. The lowest BCUT2D eigenvalue weighted by Crippen LogP contribution is -2.33. The van der Waals surface area contributed by atoms with Crippen molar-refractivity contribution in [1.82, 2.24) is 0 Å². The molecule has 1 aliphatic heterocycles. The third kappa shape index (κ3) is 5.18. The maximum atomic E-state index is 7.20. The van der Waals surface area contributed by atoms with Crippen LogP contribution in [0.5, 0.6) is 11.5 Å². The molecule has 3 heteroatoms. The van der Waals surface area contributed by atoms with Gasteiger partial charge in [-0.1, -0.05) is 190 Å². The molecule has 1 saturated carbocycles. The second kappa shape index (κ2) is 13.9. The third-order valence-corrected chi connectivity index (χ3v) is 17.3. The molecular weight excluding hydrogens is 863 g/mol. The topological polar surface area (TPSA) is 25.6 Å². The Morgan fingerprint density at radius 2 is 1.06 bits per heavy atom. The van der Waals surface area contributed by atoms with Crippen LogP contribution in [0.15, 0.2) is 228 Å². The van der Waals surface area contributed by atoms with Crippen LogP contribution in [0, 0.1) is 5.92 Å². The van der Waals surface area contributed by atoms with Gasteiger partial charge in [-0.2, -0.15) is 0 Å². The summed E-state index contributed by atoms with van der Waals surface area (Å²) in [5, 5.41) is 6.90. The Balaban J connectivity index is 0.842. The standard InChI is InChI=1S/C68H47NO2/c1-66(2)56-20-10-7-17-50(56)54-38-45-40-67(45,36-35-57(54)66)69(47-30-34-63-55(39-47)52-19-9-12-22-62(52)70-63)46-28-23-41(24-29-46)44-27-31-59-53(37-44)51-18-8-11-21-58(51)68(59)60-32-25-42-13-3-5-15-48(42)64(60)71-65-49-16-6-4-14-43(49)26-33-61(65)68/h3-37,39,45H,38,40H2,1-2H3/t45?,67-/m0/s1. The first kappa shape index (κ1) is 39.4. The van der Waals surface area contributed by atoms with Crippen molar-refractivity contribution in [2.45, 2.75) is 43.1 Å². The Bertz CT molecular complexity index is 4120. The molecule has 0 N–H and O–H groups in total. The number of hydrogen-bond donors (Lipinski definition) is 0. The minimum absolute atomic E-state index is 0.0438. The fourth-order valence-corrected chi connectivity index (χ4v) is 14.0. The van der Waals surface area contributed by atoms with Gasteiger partial charge < -0.3 is 14.1 Å². The van der Waals surface area contributed by atoms with Crippen LogP contribution in [0.1, 0.15) is 60.1 Å². The second-order valence-corrected chi connectivity index (χ2v) is 21.1. The minimum Gasteiger partial charge on any atom is -0.456 e. The molecule has 11 aromatic rings. The van der Waals surface area contributed by atoms with Gasteiger partial charge in [0.2, 0.25) is 0 Å². The van der Waals surface area contributed by atoms with Crippen LogP contribution in [-0.2, 0) is 10.8 Å². The van der Waals surface area contributed by atoms with Crippen molar-refractivity contribution < 1.29 is 9.15 Å². The maximum Gasteiger partial charge on any atom is 0.140 e. The molecule has 1 spiro atoms. The molecule has 0 saturated heterocycles. The summed E-state index contributed by atoms with van der Waals surface area (Å²) < 4.78 is 13.6. The molecule has 10 aromatic carbocycles. The van der Waals surface area contributed by atoms with Crippen molar-refractivity contribution in [3.05, 3.63) is 257 Å². The zero-order chi connectivity index (χ0) is 46.8. The summed E-state index contributed by atoms with van der Waals surface area (Å²) in [5.74, 6) is 2.34. The molecular formula is C68H47NO2. The number of benzene rings is 10. The summed E-state index contributed by atoms with van der Waals surface area (Å²) in [5.41, 5.74) is 19.1. The predicted molar refractivity (Wildman–Crippen MR) is 291 cm³/mol. The predicted octanol–water partition coefficient (Wildman–Crippen LogP) is 17.6. The van der Waals surface area contributed by atoms with Crippen LogP contribution in [0.25, 0.3) is 71.3 Å². The van der Waals surface area contributed by atoms with Crippen molar-refractivity contribution in [2.75, 3.05) is 4.90 Å². The van der Waals surface area contributed by atoms with Gasteiger partial charge in [0.1, 0.15) is 22.7 Å². The van der Waals surface area contributed by atoms with E-state index in [1.54, 1.807) is 0 Å². The van der Waals surface area contributed by atoms with E-state index in [4.69, 9.17) is 9.15 Å². The highest BCUT2D eigenvalue weighted by Gasteiger charge is 2.59. The highest BCUT2D eigenvalue weighted by atomic mass is 16.5. The average molecular weight is 910 g/mol. The molecule has 2 atom stereocenters. The number of furan rings is 1. The number of para-hydroxylation sites is 1. The van der Waals surface area contributed by atoms with Gasteiger partial charge in [-0.25, -0.2) is 0 Å². The van der Waals surface area contributed by atoms with Crippen LogP contribution in [-0.4, -0.2) is 5.54 Å². The molecule has 1 unspecified atom stereocenters. The fourth-order valence-electron chi connectivity index (χ4n) is 14.0. The molecule has 4 aliphatic carbocycles. The van der Waals surface area contributed by atoms with Crippen LogP contribution >= 0.6 is 0 Å². The zero-order valence-corrected chi connectivity index (χ0v) is 39.5. The molecule has 1 fully saturated rings. The molecule has 0 radical (unpaired) electrons. The van der Waals surface area contributed by atoms with Gasteiger partial charge in [0, 0.05) is 49.5 Å². The Labute approximate surface area is 412 Å². The summed E-state index contributed by atoms with van der Waals surface area (Å²) in [6.07, 6.45) is 7.19. The minimum atomic E-state index is -0.577. The summed E-state index contributed by atoms with van der Waals surface area (Å²) in [7, 11) is 0. The van der Waals surface area contributed by atoms with Crippen LogP contribution < -0.4 is 9.64 Å². The number of rotatable bonds is 4. The Morgan fingerprint density at radius 1 is 0.465 bits per heavy atom. The Hall–Kier alpha value is -8.40. The highest BCUT2D eigenvalue weighted by molar-refractivity contribution is 6.07. The maximum absolute atomic E-state index is 7.20. The molecule has 5 aliphatic rings. The molecule has 71 heavy (non-hydrogen) atoms. The van der Waals surface area contributed by atoms with Crippen LogP contribution in [0.3, 0.4) is 0 Å². The van der Waals surface area contributed by atoms with E-state index >= 15 is 0 Å². The average Bonchev–Trinajstić information content (AvgIpc) is 3.82. The van der Waals surface area contributed by atoms with Gasteiger partial charge in [0.25, 0.3) is 0 Å². The summed E-state index contributed by atoms with van der Waals surface area (Å²) in [4.78, 5) is 2.65. The van der Waals surface area contributed by atoms with E-state index < -0.39 is 5.41 Å². The van der Waals surface area contributed by atoms with Crippen molar-refractivity contribution in [3.8, 4) is 33.8 Å². The van der Waals surface area contributed by atoms with Gasteiger partial charge in [-0.15, -0.1) is 0 Å². The SMILES string of the molecule is CC1(C)C2=C(CC3C[C@@]3(N(c3ccc(-c4ccc5c(c4)-c4ccccc4C54c5ccc6ccccc6c5Oc5c4ccc4ccccc54)cc3)c3ccc4oc5ccccc5c4c3)C=C2)c2ccccc21. The van der Waals surface area contributed by atoms with Crippen molar-refractivity contribution in [2.24, 2.45) is 5.92 Å². The molecule has 336 valence electrons. The fraction of sp³-hybridized carbons (Fsp3) is 0.118. The van der Waals surface area contributed by atoms with E-state index in [1.807, 2.05) is 0 Å². The largest absolute Gasteiger partial charge is 0.456 e. The van der Waals surface area contributed by atoms with Gasteiger partial charge >= 0.3 is 0 Å². The Morgan fingerprint density at radius 3 is 1.82 bits per heavy atom. The van der Waals surface area contributed by atoms with E-state index in [9.17, 15) is 0 Å². The lowest BCUT2D eigenvalue weighted by molar-refractivity contribution is 0.447. The number of hydrogen-bond acceptors (Lipinski definition) is 3. The van der Waals surface area contributed by atoms with Crippen molar-refractivity contribution >= 4 is 60.4 Å². The van der Waals surface area contributed by atoms with Gasteiger partial charge in [0.15, 0.2) is 0 Å². The number of fused-ring (bicyclic) bond motifs is 19. The number of nitrogens with zero attached hydrogens (tertiary/aromatic N) is 1. The number of anilines is 2. The molecule has 16 rings (SSSR count). The first-order chi connectivity index (χ1) is 34.9. The summed E-state index contributed by atoms with van der Waals surface area (Å²) >= 11 is 0. The van der Waals surface area contributed by atoms with Crippen LogP contribution in [0.2, 0.25) is 0 Å². The summed E-state index contributed by atoms with van der Waals surface area (Å²) in [6.45, 7) is 4.80. The molecule has 3 nitrogen and oxygen atoms in total. The van der Waals surface area contributed by atoms with E-state index in [1.165, 1.54) is 88.9 Å². The normalized spacial score (nSPS) is 19.2. The van der Waals surface area contributed by atoms with Gasteiger partial charge in [-0.05, 0) is 128 Å². The van der Waals surface area contributed by atoms with Crippen LogP contribution in [0.4, 0.5) is 11.4 Å². The van der Waals surface area contributed by atoms with Crippen molar-refractivity contribution in [1.29, 1.82) is 0 Å². The number of ether oxygens (including phenoxy) is 1. The zero-order valence-electron chi connectivity index (χ0n) is 39.5. The lowest BCUT2D eigenvalue weighted by Gasteiger charge is -2.40. The highest BCUT2D eigenvalue weighted by Crippen LogP contribution is 2.65. The smallest absolute Gasteiger partial charge is 0.140 e. The van der Waals surface area contributed by atoms with E-state index in [-0.39, 0.29) is 11.0 Å². The van der Waals surface area contributed by atoms with Gasteiger partial charge in [0.05, 0.1) is 11.0 Å². The van der Waals surface area contributed by atoms with E-state index in [0.717, 1.165) is 57.1 Å². The second-order valence-electron chi connectivity index (χ2n) is 21.1. The molecule has 2 heterocycles. The Kier molecular flexibility index (Phi) is 7.72. The molecule has 0 amide bonds. The lowest BCUT2D eigenvalue weighted by atomic mass is 9.65. The first-order valence-corrected chi connectivity index (χ1v) is 25.2. The van der Waals surface area contributed by atoms with Gasteiger partial charge in [-0.3, -0.25) is 0 Å². The summed E-state index contributed by atoms with van der Waals surface area (Å²) in [6, 6.07) is 76.5. The molecule has 1 aromatic heterocycles. The quantitative estimate of drug-likeness (QED) is 0.176. The number of allylic oxidation sites excluding steroid dienone is 3.